The summed E-state index contributed by atoms with van der Waals surface area (Å²) in [5.41, 5.74) is 1.52. The third kappa shape index (κ3) is 5.21. The average Bonchev–Trinajstić information content (AvgIpc) is 2.53. The van der Waals surface area contributed by atoms with Crippen LogP contribution in [-0.2, 0) is 0 Å². The summed E-state index contributed by atoms with van der Waals surface area (Å²) in [4.78, 5) is 27.8. The Morgan fingerprint density at radius 1 is 0.440 bits per heavy atom. The molecule has 0 atom stereocenters. The Morgan fingerprint density at radius 2 is 0.680 bits per heavy atom. The van der Waals surface area contributed by atoms with Gasteiger partial charge in [-0.3, -0.25) is 0 Å². The molecule has 0 saturated heterocycles. The molecule has 6 nitrogen and oxygen atoms in total. The zero-order valence-electron chi connectivity index (χ0n) is 16.5. The van der Waals surface area contributed by atoms with Gasteiger partial charge in [-0.25, -0.2) is 29.9 Å². The van der Waals surface area contributed by atoms with Crippen LogP contribution < -0.4 is 11.1 Å². The van der Waals surface area contributed by atoms with E-state index < -0.39 is 0 Å². The molecular weight excluding hydrogens is 331 g/mol. The SMILES string of the molecule is CC(C)c1nc(Pc2nc(C(C)C)nc(C(C)C)n2)nc(C(C)C)n1. The molecule has 0 aliphatic heterocycles. The van der Waals surface area contributed by atoms with Crippen molar-refractivity contribution in [3.63, 3.8) is 0 Å². The Morgan fingerprint density at radius 3 is 0.880 bits per heavy atom. The van der Waals surface area contributed by atoms with Crippen LogP contribution in [0.3, 0.4) is 0 Å². The molecule has 0 bridgehead atoms. The number of nitrogens with zero attached hydrogens (tertiary/aromatic N) is 6. The highest BCUT2D eigenvalue weighted by Crippen LogP contribution is 2.17. The molecule has 2 heterocycles. The molecule has 2 aromatic heterocycles. The molecule has 0 fully saturated rings. The van der Waals surface area contributed by atoms with E-state index in [4.69, 9.17) is 0 Å². The van der Waals surface area contributed by atoms with E-state index in [1.165, 1.54) is 0 Å². The highest BCUT2D eigenvalue weighted by Gasteiger charge is 2.16. The first kappa shape index (κ1) is 19.8. The Kier molecular flexibility index (Phi) is 6.50. The van der Waals surface area contributed by atoms with E-state index in [2.05, 4.69) is 85.3 Å². The Bertz CT molecular complexity index is 614. The van der Waals surface area contributed by atoms with Crippen LogP contribution >= 0.6 is 8.58 Å². The Hall–Kier alpha value is -1.55. The van der Waals surface area contributed by atoms with Crippen LogP contribution in [0.25, 0.3) is 0 Å². The molecule has 0 saturated carbocycles. The van der Waals surface area contributed by atoms with Gasteiger partial charge in [-0.2, -0.15) is 0 Å². The monoisotopic (exact) mass is 360 g/mol. The first-order valence-corrected chi connectivity index (χ1v) is 9.96. The summed E-state index contributed by atoms with van der Waals surface area (Å²) in [7, 11) is 0.209. The highest BCUT2D eigenvalue weighted by atomic mass is 31.1. The molecule has 0 amide bonds. The molecule has 0 radical (unpaired) electrons. The molecule has 0 spiro atoms. The van der Waals surface area contributed by atoms with Crippen molar-refractivity contribution in [3.8, 4) is 0 Å². The van der Waals surface area contributed by atoms with Gasteiger partial charge >= 0.3 is 0 Å². The largest absolute Gasteiger partial charge is 0.217 e. The second-order valence-electron chi connectivity index (χ2n) is 7.49. The zero-order chi connectivity index (χ0) is 18.7. The summed E-state index contributed by atoms with van der Waals surface area (Å²) in [6.45, 7) is 16.8. The number of rotatable bonds is 6. The van der Waals surface area contributed by atoms with Gasteiger partial charge in [0.05, 0.1) is 0 Å². The lowest BCUT2D eigenvalue weighted by Gasteiger charge is -2.13. The van der Waals surface area contributed by atoms with Crippen LogP contribution in [0.2, 0.25) is 0 Å². The van der Waals surface area contributed by atoms with Gasteiger partial charge in [0.25, 0.3) is 0 Å². The van der Waals surface area contributed by atoms with Gasteiger partial charge < -0.3 is 0 Å². The van der Waals surface area contributed by atoms with Gasteiger partial charge in [0.15, 0.2) is 11.1 Å². The van der Waals surface area contributed by atoms with Gasteiger partial charge in [0, 0.05) is 32.3 Å². The molecule has 136 valence electrons. The number of hydrogen-bond acceptors (Lipinski definition) is 6. The zero-order valence-corrected chi connectivity index (χ0v) is 17.5. The standard InChI is InChI=1S/C18H29N6P/c1-9(2)13-19-14(10(3)4)22-17(21-13)25-18-23-15(11(5)6)20-16(24-18)12(7)8/h9-12,25H,1-8H3. The van der Waals surface area contributed by atoms with E-state index in [0.29, 0.717) is 0 Å². The van der Waals surface area contributed by atoms with Crippen molar-refractivity contribution in [3.05, 3.63) is 23.3 Å². The number of aromatic nitrogens is 6. The van der Waals surface area contributed by atoms with Gasteiger partial charge in [0.2, 0.25) is 0 Å². The Balaban J connectivity index is 2.44. The first-order chi connectivity index (χ1) is 11.7. The highest BCUT2D eigenvalue weighted by molar-refractivity contribution is 7.54. The molecule has 0 aromatic carbocycles. The lowest BCUT2D eigenvalue weighted by Crippen LogP contribution is -2.24. The molecule has 0 aliphatic rings. The topological polar surface area (TPSA) is 77.3 Å². The van der Waals surface area contributed by atoms with E-state index >= 15 is 0 Å². The van der Waals surface area contributed by atoms with Crippen LogP contribution in [-0.4, -0.2) is 29.9 Å². The summed E-state index contributed by atoms with van der Waals surface area (Å²) in [6.07, 6.45) is 0. The minimum absolute atomic E-state index is 0.209. The van der Waals surface area contributed by atoms with Gasteiger partial charge in [0.1, 0.15) is 23.3 Å². The van der Waals surface area contributed by atoms with Crippen molar-refractivity contribution in [1.29, 1.82) is 0 Å². The van der Waals surface area contributed by atoms with Gasteiger partial charge in [-0.15, -0.1) is 0 Å². The Labute approximate surface area is 152 Å². The second kappa shape index (κ2) is 8.22. The molecule has 2 rings (SSSR count). The normalized spacial score (nSPS) is 12.0. The lowest BCUT2D eigenvalue weighted by atomic mass is 10.2. The summed E-state index contributed by atoms with van der Waals surface area (Å²) in [6, 6.07) is 0. The van der Waals surface area contributed by atoms with Gasteiger partial charge in [-0.05, 0) is 0 Å². The molecule has 0 unspecified atom stereocenters. The quantitative estimate of drug-likeness (QED) is 0.736. The summed E-state index contributed by atoms with van der Waals surface area (Å²) >= 11 is 0. The van der Waals surface area contributed by atoms with Crippen LogP contribution in [0, 0.1) is 0 Å². The van der Waals surface area contributed by atoms with Crippen molar-refractivity contribution >= 4 is 19.7 Å². The van der Waals surface area contributed by atoms with Crippen LogP contribution in [0.1, 0.15) is 102 Å². The first-order valence-electron chi connectivity index (χ1n) is 8.96. The average molecular weight is 360 g/mol. The fraction of sp³-hybridized carbons (Fsp3) is 0.667. The predicted molar refractivity (Wildman–Crippen MR) is 104 cm³/mol. The van der Waals surface area contributed by atoms with Crippen LogP contribution in [0.15, 0.2) is 0 Å². The molecule has 0 aliphatic carbocycles. The molecule has 25 heavy (non-hydrogen) atoms. The van der Waals surface area contributed by atoms with E-state index in [9.17, 15) is 0 Å². The van der Waals surface area contributed by atoms with Gasteiger partial charge in [-0.1, -0.05) is 55.4 Å². The maximum Gasteiger partial charge on any atom is 0.159 e. The van der Waals surface area contributed by atoms with Crippen molar-refractivity contribution in [2.45, 2.75) is 79.1 Å². The third-order valence-corrected chi connectivity index (χ3v) is 4.52. The van der Waals surface area contributed by atoms with Crippen molar-refractivity contribution < 1.29 is 0 Å². The summed E-state index contributed by atoms with van der Waals surface area (Å²) in [5.74, 6) is 4.40. The lowest BCUT2D eigenvalue weighted by molar-refractivity contribution is 0.701. The van der Waals surface area contributed by atoms with Crippen LogP contribution in [0.4, 0.5) is 0 Å². The minimum atomic E-state index is 0.209. The minimum Gasteiger partial charge on any atom is -0.217 e. The predicted octanol–water partition coefficient (Wildman–Crippen LogP) is 3.18. The molecular formula is C18H29N6P. The molecule has 2 aromatic rings. The maximum absolute atomic E-state index is 4.65. The van der Waals surface area contributed by atoms with Crippen LogP contribution in [0.5, 0.6) is 0 Å². The molecule has 7 heteroatoms. The summed E-state index contributed by atoms with van der Waals surface area (Å²) in [5, 5.41) is 0. The van der Waals surface area contributed by atoms with E-state index in [0.717, 1.165) is 34.4 Å². The maximum atomic E-state index is 4.65. The summed E-state index contributed by atoms with van der Waals surface area (Å²) < 4.78 is 0. The number of hydrogen-bond donors (Lipinski definition) is 0. The smallest absolute Gasteiger partial charge is 0.159 e. The van der Waals surface area contributed by atoms with Crippen molar-refractivity contribution in [2.24, 2.45) is 0 Å². The third-order valence-electron chi connectivity index (χ3n) is 3.63. The van der Waals surface area contributed by atoms with Crippen molar-refractivity contribution in [1.82, 2.24) is 29.9 Å². The van der Waals surface area contributed by atoms with E-state index in [1.54, 1.807) is 0 Å². The van der Waals surface area contributed by atoms with Crippen molar-refractivity contribution in [2.75, 3.05) is 0 Å². The molecule has 0 N–H and O–H groups in total. The van der Waals surface area contributed by atoms with E-state index in [1.807, 2.05) is 0 Å². The fourth-order valence-corrected chi connectivity index (χ4v) is 2.95. The second-order valence-corrected chi connectivity index (χ2v) is 8.64. The fourth-order valence-electron chi connectivity index (χ4n) is 2.06. The van der Waals surface area contributed by atoms with E-state index in [-0.39, 0.29) is 32.3 Å².